The average Bonchev–Trinajstić information content (AvgIpc) is 2.20. The van der Waals surface area contributed by atoms with E-state index < -0.39 is 6.10 Å². The van der Waals surface area contributed by atoms with Crippen LogP contribution in [0.15, 0.2) is 12.3 Å². The van der Waals surface area contributed by atoms with E-state index in [2.05, 4.69) is 10.3 Å². The van der Waals surface area contributed by atoms with Crippen LogP contribution in [0.2, 0.25) is 0 Å². The Bertz CT molecular complexity index is 305. The molecule has 0 aromatic carbocycles. The third-order valence-corrected chi connectivity index (χ3v) is 1.74. The molecule has 0 aliphatic rings. The van der Waals surface area contributed by atoms with Crippen molar-refractivity contribution in [3.8, 4) is 0 Å². The minimum Gasteiger partial charge on any atom is -0.397 e. The van der Waals surface area contributed by atoms with Gasteiger partial charge >= 0.3 is 0 Å². The van der Waals surface area contributed by atoms with Gasteiger partial charge in [0.25, 0.3) is 0 Å². The highest BCUT2D eigenvalue weighted by Crippen LogP contribution is 2.21. The van der Waals surface area contributed by atoms with Gasteiger partial charge in [0, 0.05) is 12.7 Å². The van der Waals surface area contributed by atoms with Crippen LogP contribution in [0.3, 0.4) is 0 Å². The van der Waals surface area contributed by atoms with Crippen molar-refractivity contribution in [1.82, 2.24) is 4.98 Å². The Balaban J connectivity index is 2.63. The molecule has 0 saturated heterocycles. The predicted molar refractivity (Wildman–Crippen MR) is 54.6 cm³/mol. The lowest BCUT2D eigenvalue weighted by Crippen LogP contribution is -2.23. The smallest absolute Gasteiger partial charge is 0.151 e. The van der Waals surface area contributed by atoms with Crippen molar-refractivity contribution in [2.75, 3.05) is 29.9 Å². The van der Waals surface area contributed by atoms with Crippen LogP contribution in [0, 0.1) is 0 Å². The van der Waals surface area contributed by atoms with E-state index in [1.807, 2.05) is 0 Å². The van der Waals surface area contributed by atoms with E-state index in [0.717, 1.165) is 0 Å². The molecular weight excluding hydrogens is 184 g/mol. The average molecular weight is 198 g/mol. The Morgan fingerprint density at radius 3 is 2.86 bits per heavy atom. The molecule has 6 nitrogen and oxygen atoms in total. The maximum absolute atomic E-state index is 9.07. The zero-order valence-electron chi connectivity index (χ0n) is 7.64. The Kier molecular flexibility index (Phi) is 3.49. The van der Waals surface area contributed by atoms with Crippen molar-refractivity contribution in [1.29, 1.82) is 0 Å². The van der Waals surface area contributed by atoms with Gasteiger partial charge in [0.05, 0.1) is 24.1 Å². The lowest BCUT2D eigenvalue weighted by Gasteiger charge is -2.11. The molecule has 1 aromatic heterocycles. The van der Waals surface area contributed by atoms with Crippen molar-refractivity contribution in [2.24, 2.45) is 0 Å². The van der Waals surface area contributed by atoms with Crippen molar-refractivity contribution in [2.45, 2.75) is 6.10 Å². The molecule has 0 bridgehead atoms. The van der Waals surface area contributed by atoms with Crippen LogP contribution in [-0.2, 0) is 0 Å². The molecule has 0 radical (unpaired) electrons. The molecule has 1 atom stereocenters. The van der Waals surface area contributed by atoms with Gasteiger partial charge in [0.15, 0.2) is 5.82 Å². The summed E-state index contributed by atoms with van der Waals surface area (Å²) in [5.74, 6) is 0.414. The molecule has 6 heteroatoms. The highest BCUT2D eigenvalue weighted by atomic mass is 16.3. The molecule has 1 heterocycles. The van der Waals surface area contributed by atoms with Crippen LogP contribution >= 0.6 is 0 Å². The van der Waals surface area contributed by atoms with E-state index in [4.69, 9.17) is 21.7 Å². The minimum absolute atomic E-state index is 0.178. The number of rotatable bonds is 4. The van der Waals surface area contributed by atoms with Crippen molar-refractivity contribution in [3.63, 3.8) is 0 Å². The first kappa shape index (κ1) is 10.6. The summed E-state index contributed by atoms with van der Waals surface area (Å²) in [4.78, 5) is 3.94. The zero-order valence-corrected chi connectivity index (χ0v) is 7.64. The van der Waals surface area contributed by atoms with E-state index in [1.54, 1.807) is 6.07 Å². The van der Waals surface area contributed by atoms with Crippen molar-refractivity contribution >= 4 is 17.2 Å². The molecule has 1 rings (SSSR count). The first-order valence-electron chi connectivity index (χ1n) is 4.18. The van der Waals surface area contributed by atoms with Crippen LogP contribution in [-0.4, -0.2) is 34.5 Å². The van der Waals surface area contributed by atoms with Crippen LogP contribution in [0.4, 0.5) is 17.2 Å². The molecule has 1 unspecified atom stereocenters. The van der Waals surface area contributed by atoms with Gasteiger partial charge in [-0.05, 0) is 6.07 Å². The minimum atomic E-state index is -0.836. The second kappa shape index (κ2) is 4.64. The SMILES string of the molecule is Nc1ccnc(NCC(O)CO)c1N. The van der Waals surface area contributed by atoms with E-state index in [0.29, 0.717) is 17.2 Å². The molecule has 0 aliphatic heterocycles. The second-order valence-corrected chi connectivity index (χ2v) is 2.88. The Hall–Kier alpha value is -1.53. The fraction of sp³-hybridized carbons (Fsp3) is 0.375. The van der Waals surface area contributed by atoms with E-state index in [1.165, 1.54) is 6.20 Å². The highest BCUT2D eigenvalue weighted by molar-refractivity contribution is 5.75. The standard InChI is InChI=1S/C8H14N4O2/c9-6-1-2-11-8(7(6)10)12-3-5(14)4-13/h1-2,5,13-14H,3-4,10H2,(H3,9,11,12). The van der Waals surface area contributed by atoms with E-state index >= 15 is 0 Å². The number of aliphatic hydroxyl groups excluding tert-OH is 2. The molecule has 0 spiro atoms. The van der Waals surface area contributed by atoms with Crippen molar-refractivity contribution < 1.29 is 10.2 Å². The summed E-state index contributed by atoms with van der Waals surface area (Å²) in [6, 6.07) is 1.59. The normalized spacial score (nSPS) is 12.4. The predicted octanol–water partition coefficient (Wildman–Crippen LogP) is -0.989. The number of aromatic nitrogens is 1. The van der Waals surface area contributed by atoms with Crippen LogP contribution in [0.5, 0.6) is 0 Å². The third kappa shape index (κ3) is 2.48. The van der Waals surface area contributed by atoms with Crippen LogP contribution in [0.1, 0.15) is 0 Å². The number of nitrogens with one attached hydrogen (secondary N) is 1. The largest absolute Gasteiger partial charge is 0.397 e. The number of nitrogens with two attached hydrogens (primary N) is 2. The van der Waals surface area contributed by atoms with Crippen molar-refractivity contribution in [3.05, 3.63) is 12.3 Å². The van der Waals surface area contributed by atoms with Gasteiger partial charge in [-0.2, -0.15) is 0 Å². The molecule has 0 saturated carbocycles. The summed E-state index contributed by atoms with van der Waals surface area (Å²) in [5.41, 5.74) is 11.9. The monoisotopic (exact) mass is 198 g/mol. The van der Waals surface area contributed by atoms with Crippen LogP contribution in [0.25, 0.3) is 0 Å². The number of nitrogen functional groups attached to an aromatic ring is 2. The topological polar surface area (TPSA) is 117 Å². The third-order valence-electron chi connectivity index (χ3n) is 1.74. The number of hydrogen-bond acceptors (Lipinski definition) is 6. The van der Waals surface area contributed by atoms with Crippen LogP contribution < -0.4 is 16.8 Å². The summed E-state index contributed by atoms with van der Waals surface area (Å²) < 4.78 is 0. The quantitative estimate of drug-likeness (QED) is 0.424. The number of pyridine rings is 1. The van der Waals surface area contributed by atoms with Gasteiger partial charge in [-0.3, -0.25) is 0 Å². The number of nitrogens with zero attached hydrogens (tertiary/aromatic N) is 1. The number of anilines is 3. The van der Waals surface area contributed by atoms with Gasteiger partial charge in [-0.15, -0.1) is 0 Å². The van der Waals surface area contributed by atoms with Gasteiger partial charge in [0.2, 0.25) is 0 Å². The maximum Gasteiger partial charge on any atom is 0.151 e. The first-order chi connectivity index (χ1) is 6.65. The summed E-state index contributed by atoms with van der Waals surface area (Å²) in [6.07, 6.45) is 0.678. The molecule has 7 N–H and O–H groups in total. The molecule has 14 heavy (non-hydrogen) atoms. The maximum atomic E-state index is 9.07. The van der Waals surface area contributed by atoms with Gasteiger partial charge in [-0.1, -0.05) is 0 Å². The fourth-order valence-electron chi connectivity index (χ4n) is 0.908. The molecule has 1 aromatic rings. The highest BCUT2D eigenvalue weighted by Gasteiger charge is 2.05. The zero-order chi connectivity index (χ0) is 10.6. The molecule has 0 amide bonds. The summed E-state index contributed by atoms with van der Waals surface area (Å²) in [6.45, 7) is -0.133. The number of hydrogen-bond donors (Lipinski definition) is 5. The Labute approximate surface area is 81.6 Å². The lowest BCUT2D eigenvalue weighted by molar-refractivity contribution is 0.105. The Morgan fingerprint density at radius 2 is 2.21 bits per heavy atom. The van der Waals surface area contributed by atoms with E-state index in [-0.39, 0.29) is 13.2 Å². The van der Waals surface area contributed by atoms with Gasteiger partial charge in [0.1, 0.15) is 0 Å². The molecular formula is C8H14N4O2. The van der Waals surface area contributed by atoms with Gasteiger partial charge < -0.3 is 27.0 Å². The fourth-order valence-corrected chi connectivity index (χ4v) is 0.908. The molecule has 78 valence electrons. The Morgan fingerprint density at radius 1 is 1.50 bits per heavy atom. The molecule has 0 fully saturated rings. The summed E-state index contributed by atoms with van der Waals surface area (Å²) in [7, 11) is 0. The lowest BCUT2D eigenvalue weighted by atomic mass is 10.3. The summed E-state index contributed by atoms with van der Waals surface area (Å²) >= 11 is 0. The van der Waals surface area contributed by atoms with E-state index in [9.17, 15) is 0 Å². The summed E-state index contributed by atoms with van der Waals surface area (Å²) in [5, 5.41) is 20.4. The second-order valence-electron chi connectivity index (χ2n) is 2.88. The first-order valence-corrected chi connectivity index (χ1v) is 4.18. The number of aliphatic hydroxyl groups is 2. The molecule has 0 aliphatic carbocycles. The van der Waals surface area contributed by atoms with Gasteiger partial charge in [-0.25, -0.2) is 4.98 Å².